The highest BCUT2D eigenvalue weighted by Gasteiger charge is 2.25. The lowest BCUT2D eigenvalue weighted by molar-refractivity contribution is 0.0718. The van der Waals surface area contributed by atoms with Gasteiger partial charge < -0.3 is 10.2 Å². The van der Waals surface area contributed by atoms with E-state index in [1.54, 1.807) is 0 Å². The number of rotatable bonds is 5. The van der Waals surface area contributed by atoms with Crippen molar-refractivity contribution in [3.63, 3.8) is 0 Å². The molecule has 1 saturated heterocycles. The van der Waals surface area contributed by atoms with E-state index in [-0.39, 0.29) is 11.8 Å². The number of nitrogens with one attached hydrogen (secondary N) is 1. The highest BCUT2D eigenvalue weighted by Crippen LogP contribution is 2.36. The fourth-order valence-corrected chi connectivity index (χ4v) is 5.49. The summed E-state index contributed by atoms with van der Waals surface area (Å²) in [5.41, 5.74) is 4.37. The first kappa shape index (κ1) is 24.1. The van der Waals surface area contributed by atoms with Crippen LogP contribution < -0.4 is 5.32 Å². The summed E-state index contributed by atoms with van der Waals surface area (Å²) in [6.07, 6.45) is 11.6. The molecular formula is C31H34N4O. The fraction of sp³-hybridized carbons (Fsp3) is 0.387. The number of likely N-dealkylation sites (tertiary alicyclic amines) is 1. The number of amides is 1. The molecule has 0 spiro atoms. The SMILES string of the molecule is CC(C)c1cccc(C(=O)N2CCC(Nc3cc(C4CC=CC(C#N)C4)cc4ccncc34)CC2)c1. The number of allylic oxidation sites excluding steroid dienone is 2. The molecule has 1 aliphatic carbocycles. The lowest BCUT2D eigenvalue weighted by Crippen LogP contribution is -2.42. The fourth-order valence-electron chi connectivity index (χ4n) is 5.49. The Balaban J connectivity index is 1.30. The lowest BCUT2D eigenvalue weighted by atomic mass is 9.82. The molecule has 1 N–H and O–H groups in total. The Kier molecular flexibility index (Phi) is 7.04. The molecule has 184 valence electrons. The van der Waals surface area contributed by atoms with Crippen molar-refractivity contribution in [3.05, 3.63) is 83.7 Å². The quantitative estimate of drug-likeness (QED) is 0.417. The van der Waals surface area contributed by atoms with Crippen LogP contribution in [0.4, 0.5) is 5.69 Å². The van der Waals surface area contributed by atoms with Crippen molar-refractivity contribution in [1.82, 2.24) is 9.88 Å². The molecule has 5 nitrogen and oxygen atoms in total. The van der Waals surface area contributed by atoms with E-state index in [1.807, 2.05) is 41.6 Å². The number of carbonyl (C=O) groups is 1. The van der Waals surface area contributed by atoms with Crippen LogP contribution in [-0.4, -0.2) is 34.9 Å². The molecular weight excluding hydrogens is 444 g/mol. The average molecular weight is 479 g/mol. The van der Waals surface area contributed by atoms with Gasteiger partial charge in [-0.05, 0) is 78.3 Å². The highest BCUT2D eigenvalue weighted by atomic mass is 16.2. The van der Waals surface area contributed by atoms with Gasteiger partial charge in [-0.2, -0.15) is 5.26 Å². The molecule has 5 rings (SSSR count). The number of nitriles is 1. The minimum atomic E-state index is -0.0172. The van der Waals surface area contributed by atoms with E-state index >= 15 is 0 Å². The van der Waals surface area contributed by atoms with Crippen LogP contribution in [0.5, 0.6) is 0 Å². The van der Waals surface area contributed by atoms with Crippen LogP contribution in [0.2, 0.25) is 0 Å². The van der Waals surface area contributed by atoms with E-state index in [9.17, 15) is 10.1 Å². The van der Waals surface area contributed by atoms with Crippen LogP contribution in [0.3, 0.4) is 0 Å². The Bertz CT molecular complexity index is 1310. The van der Waals surface area contributed by atoms with Crippen molar-refractivity contribution >= 4 is 22.4 Å². The second-order valence-electron chi connectivity index (χ2n) is 10.5. The number of anilines is 1. The second-order valence-corrected chi connectivity index (χ2v) is 10.5. The van der Waals surface area contributed by atoms with E-state index in [0.29, 0.717) is 17.9 Å². The maximum atomic E-state index is 13.2. The van der Waals surface area contributed by atoms with Gasteiger partial charge in [-0.15, -0.1) is 0 Å². The van der Waals surface area contributed by atoms with Crippen LogP contribution in [-0.2, 0) is 0 Å². The van der Waals surface area contributed by atoms with Crippen molar-refractivity contribution in [2.45, 2.75) is 57.4 Å². The Morgan fingerprint density at radius 2 is 2.00 bits per heavy atom. The summed E-state index contributed by atoms with van der Waals surface area (Å²) >= 11 is 0. The topological polar surface area (TPSA) is 69.0 Å². The molecule has 2 atom stereocenters. The van der Waals surface area contributed by atoms with Gasteiger partial charge in [0, 0.05) is 48.2 Å². The standard InChI is InChI=1S/C31H34N4O/c1-21(2)23-6-4-8-26(16-23)31(36)35-13-10-28(11-14-35)34-30-18-27(17-25-9-12-33-20-29(25)30)24-7-3-5-22(15-24)19-32/h3-6,8-9,12,16-18,20-22,24,28,34H,7,10-11,13-15H2,1-2H3. The Morgan fingerprint density at radius 3 is 2.78 bits per heavy atom. The third-order valence-electron chi connectivity index (χ3n) is 7.68. The Labute approximate surface area is 213 Å². The second kappa shape index (κ2) is 10.5. The Morgan fingerprint density at radius 1 is 1.17 bits per heavy atom. The summed E-state index contributed by atoms with van der Waals surface area (Å²) < 4.78 is 0. The van der Waals surface area contributed by atoms with Crippen molar-refractivity contribution in [1.29, 1.82) is 5.26 Å². The zero-order valence-corrected chi connectivity index (χ0v) is 21.2. The zero-order valence-electron chi connectivity index (χ0n) is 21.2. The van der Waals surface area contributed by atoms with Gasteiger partial charge in [0.25, 0.3) is 5.91 Å². The molecule has 1 amide bonds. The largest absolute Gasteiger partial charge is 0.382 e. The number of hydrogen-bond acceptors (Lipinski definition) is 4. The van der Waals surface area contributed by atoms with Gasteiger partial charge in [0.2, 0.25) is 0 Å². The lowest BCUT2D eigenvalue weighted by Gasteiger charge is -2.33. The molecule has 1 fully saturated rings. The van der Waals surface area contributed by atoms with Crippen molar-refractivity contribution < 1.29 is 4.79 Å². The maximum absolute atomic E-state index is 13.2. The number of nitrogens with zero attached hydrogens (tertiary/aromatic N) is 3. The number of pyridine rings is 1. The number of benzene rings is 2. The van der Waals surface area contributed by atoms with Crippen molar-refractivity contribution in [3.8, 4) is 6.07 Å². The van der Waals surface area contributed by atoms with Gasteiger partial charge in [0.05, 0.1) is 12.0 Å². The first-order valence-electron chi connectivity index (χ1n) is 13.1. The summed E-state index contributed by atoms with van der Waals surface area (Å²) in [5.74, 6) is 0.864. The van der Waals surface area contributed by atoms with Gasteiger partial charge in [-0.1, -0.05) is 44.2 Å². The van der Waals surface area contributed by atoms with Gasteiger partial charge in [0.15, 0.2) is 0 Å². The van der Waals surface area contributed by atoms with Crippen molar-refractivity contribution in [2.75, 3.05) is 18.4 Å². The van der Waals surface area contributed by atoms with Gasteiger partial charge in [-0.25, -0.2) is 0 Å². The molecule has 3 aromatic rings. The van der Waals surface area contributed by atoms with E-state index < -0.39 is 0 Å². The highest BCUT2D eigenvalue weighted by molar-refractivity contribution is 5.95. The van der Waals surface area contributed by atoms with E-state index in [2.05, 4.69) is 60.6 Å². The van der Waals surface area contributed by atoms with Crippen LogP contribution in [0.15, 0.2) is 67.0 Å². The van der Waals surface area contributed by atoms with Gasteiger partial charge in [0.1, 0.15) is 0 Å². The van der Waals surface area contributed by atoms with Crippen LogP contribution in [0, 0.1) is 17.2 Å². The van der Waals surface area contributed by atoms with Gasteiger partial charge in [-0.3, -0.25) is 9.78 Å². The maximum Gasteiger partial charge on any atom is 0.253 e. The van der Waals surface area contributed by atoms with Crippen LogP contribution in [0.1, 0.15) is 72.9 Å². The van der Waals surface area contributed by atoms with Crippen LogP contribution >= 0.6 is 0 Å². The van der Waals surface area contributed by atoms with Crippen molar-refractivity contribution in [2.24, 2.45) is 5.92 Å². The molecule has 2 heterocycles. The van der Waals surface area contributed by atoms with Crippen LogP contribution in [0.25, 0.3) is 10.8 Å². The molecule has 2 aromatic carbocycles. The summed E-state index contributed by atoms with van der Waals surface area (Å²) in [7, 11) is 0. The number of fused-ring (bicyclic) bond motifs is 1. The smallest absolute Gasteiger partial charge is 0.253 e. The molecule has 36 heavy (non-hydrogen) atoms. The molecule has 2 unspecified atom stereocenters. The first-order valence-corrected chi connectivity index (χ1v) is 13.1. The third kappa shape index (κ3) is 5.14. The monoisotopic (exact) mass is 478 g/mol. The van der Waals surface area contributed by atoms with E-state index in [1.165, 1.54) is 16.5 Å². The number of piperidine rings is 1. The van der Waals surface area contributed by atoms with Gasteiger partial charge >= 0.3 is 0 Å². The average Bonchev–Trinajstić information content (AvgIpc) is 2.93. The molecule has 0 bridgehead atoms. The molecule has 0 radical (unpaired) electrons. The summed E-state index contributed by atoms with van der Waals surface area (Å²) in [5, 5.41) is 15.5. The Hall–Kier alpha value is -3.65. The molecule has 0 saturated carbocycles. The summed E-state index contributed by atoms with van der Waals surface area (Å²) in [6.45, 7) is 5.80. The summed E-state index contributed by atoms with van der Waals surface area (Å²) in [4.78, 5) is 19.5. The minimum Gasteiger partial charge on any atom is -0.382 e. The number of hydrogen-bond donors (Lipinski definition) is 1. The first-order chi connectivity index (χ1) is 17.5. The normalized spacial score (nSPS) is 20.4. The minimum absolute atomic E-state index is 0.0172. The van der Waals surface area contributed by atoms with E-state index in [0.717, 1.165) is 55.4 Å². The molecule has 2 aliphatic rings. The molecule has 5 heteroatoms. The summed E-state index contributed by atoms with van der Waals surface area (Å²) in [6, 6.07) is 17.3. The van der Waals surface area contributed by atoms with E-state index in [4.69, 9.17) is 0 Å². The zero-order chi connectivity index (χ0) is 25.1. The molecule has 1 aliphatic heterocycles. The third-order valence-corrected chi connectivity index (χ3v) is 7.68. The molecule has 1 aromatic heterocycles. The predicted molar refractivity (Wildman–Crippen MR) is 145 cm³/mol. The number of aromatic nitrogens is 1. The predicted octanol–water partition coefficient (Wildman–Crippen LogP) is 6.65. The number of carbonyl (C=O) groups excluding carboxylic acids is 1.